The van der Waals surface area contributed by atoms with Gasteiger partial charge in [-0.1, -0.05) is 55.0 Å². The van der Waals surface area contributed by atoms with Gasteiger partial charge in [-0.25, -0.2) is 4.79 Å². The molecule has 0 aromatic heterocycles. The Hall–Kier alpha value is -0.830. The fraction of sp³-hybridized carbons (Fsp3) is 0.812. The van der Waals surface area contributed by atoms with Gasteiger partial charge in [-0.05, 0) is 17.8 Å². The van der Waals surface area contributed by atoms with E-state index in [1.54, 1.807) is 6.92 Å². The number of ether oxygens (including phenoxy) is 1. The number of aliphatic hydroxyl groups is 1. The average Bonchev–Trinajstić information content (AvgIpc) is 2.20. The number of carbonyl (C=O) groups is 1. The molecule has 0 fully saturated rings. The number of rotatable bonds is 4. The summed E-state index contributed by atoms with van der Waals surface area (Å²) in [6.07, 6.45) is -0.726. The van der Waals surface area contributed by atoms with E-state index in [9.17, 15) is 9.90 Å². The zero-order valence-corrected chi connectivity index (χ0v) is 13.8. The van der Waals surface area contributed by atoms with Crippen LogP contribution in [0.1, 0.15) is 55.4 Å². The second kappa shape index (κ2) is 5.66. The van der Waals surface area contributed by atoms with Crippen LogP contribution >= 0.6 is 0 Å². The van der Waals surface area contributed by atoms with E-state index < -0.39 is 17.5 Å². The van der Waals surface area contributed by atoms with E-state index in [1.807, 2.05) is 6.92 Å². The van der Waals surface area contributed by atoms with Gasteiger partial charge in [0.05, 0.1) is 6.10 Å². The van der Waals surface area contributed by atoms with Gasteiger partial charge in [0.25, 0.3) is 0 Å². The predicted octanol–water partition coefficient (Wildman–Crippen LogP) is 3.57. The molecule has 19 heavy (non-hydrogen) atoms. The minimum Gasteiger partial charge on any atom is -0.460 e. The first kappa shape index (κ1) is 18.2. The lowest BCUT2D eigenvalue weighted by Gasteiger charge is -2.54. The third-order valence-corrected chi connectivity index (χ3v) is 4.50. The number of esters is 1. The molecule has 3 heteroatoms. The fourth-order valence-electron chi connectivity index (χ4n) is 2.57. The Morgan fingerprint density at radius 1 is 1.11 bits per heavy atom. The van der Waals surface area contributed by atoms with Crippen molar-refractivity contribution in [1.29, 1.82) is 0 Å². The highest BCUT2D eigenvalue weighted by atomic mass is 16.5. The maximum absolute atomic E-state index is 11.4. The second-order valence-corrected chi connectivity index (χ2v) is 7.60. The summed E-state index contributed by atoms with van der Waals surface area (Å²) >= 11 is 0. The molecule has 0 spiro atoms. The number of hydrogen-bond donors (Lipinski definition) is 1. The third kappa shape index (κ3) is 3.82. The van der Waals surface area contributed by atoms with Gasteiger partial charge >= 0.3 is 5.97 Å². The smallest absolute Gasteiger partial charge is 0.333 e. The monoisotopic (exact) mass is 270 g/mol. The summed E-state index contributed by atoms with van der Waals surface area (Å²) in [5.41, 5.74) is -0.295. The van der Waals surface area contributed by atoms with Crippen LogP contribution in [0.15, 0.2) is 12.2 Å². The molecule has 0 heterocycles. The summed E-state index contributed by atoms with van der Waals surface area (Å²) in [4.78, 5) is 11.4. The molecule has 0 bridgehead atoms. The highest BCUT2D eigenvalue weighted by molar-refractivity contribution is 5.86. The second-order valence-electron chi connectivity index (χ2n) is 7.60. The van der Waals surface area contributed by atoms with Crippen LogP contribution in [0.25, 0.3) is 0 Å². The Balaban J connectivity index is 5.12. The molecule has 0 aliphatic carbocycles. The molecule has 1 atom stereocenters. The van der Waals surface area contributed by atoms with E-state index in [2.05, 4.69) is 48.1 Å². The number of hydrogen-bond acceptors (Lipinski definition) is 3. The van der Waals surface area contributed by atoms with Crippen molar-refractivity contribution in [2.75, 3.05) is 6.61 Å². The van der Waals surface area contributed by atoms with E-state index in [0.717, 1.165) is 0 Å². The fourth-order valence-corrected chi connectivity index (χ4v) is 2.57. The van der Waals surface area contributed by atoms with Crippen molar-refractivity contribution in [2.24, 2.45) is 16.2 Å². The van der Waals surface area contributed by atoms with Gasteiger partial charge in [-0.3, -0.25) is 0 Å². The minimum atomic E-state index is -0.726. The zero-order chi connectivity index (χ0) is 15.6. The lowest BCUT2D eigenvalue weighted by Crippen LogP contribution is -2.54. The highest BCUT2D eigenvalue weighted by Crippen LogP contribution is 2.53. The molecular formula is C16H30O3. The van der Waals surface area contributed by atoms with Crippen LogP contribution in [0.2, 0.25) is 0 Å². The first-order chi connectivity index (χ1) is 8.25. The molecule has 0 radical (unpaired) electrons. The van der Waals surface area contributed by atoms with Gasteiger partial charge in [0, 0.05) is 11.0 Å². The summed E-state index contributed by atoms with van der Waals surface area (Å²) in [6.45, 7) is 19.8. The summed E-state index contributed by atoms with van der Waals surface area (Å²) in [5, 5.41) is 10.6. The van der Waals surface area contributed by atoms with Crippen molar-refractivity contribution in [3.05, 3.63) is 12.2 Å². The van der Waals surface area contributed by atoms with Crippen molar-refractivity contribution in [1.82, 2.24) is 0 Å². The summed E-state index contributed by atoms with van der Waals surface area (Å²) in [6, 6.07) is 0. The van der Waals surface area contributed by atoms with Crippen molar-refractivity contribution in [3.63, 3.8) is 0 Å². The lowest BCUT2D eigenvalue weighted by molar-refractivity contribution is -0.160. The van der Waals surface area contributed by atoms with E-state index in [1.165, 1.54) is 0 Å². The van der Waals surface area contributed by atoms with E-state index in [0.29, 0.717) is 5.57 Å². The van der Waals surface area contributed by atoms with Crippen LogP contribution in [0.5, 0.6) is 0 Å². The van der Waals surface area contributed by atoms with Crippen LogP contribution < -0.4 is 0 Å². The van der Waals surface area contributed by atoms with Crippen molar-refractivity contribution in [3.8, 4) is 0 Å². The Bertz CT molecular complexity index is 328. The number of aliphatic hydroxyl groups excluding tert-OH is 1. The van der Waals surface area contributed by atoms with E-state index in [4.69, 9.17) is 4.74 Å². The van der Waals surface area contributed by atoms with Crippen LogP contribution in [-0.4, -0.2) is 23.8 Å². The average molecular weight is 270 g/mol. The Labute approximate surface area is 118 Å². The zero-order valence-electron chi connectivity index (χ0n) is 13.8. The van der Waals surface area contributed by atoms with Crippen molar-refractivity contribution >= 4 is 5.97 Å². The van der Waals surface area contributed by atoms with Crippen LogP contribution in [0.3, 0.4) is 0 Å². The normalized spacial score (nSPS) is 15.0. The maximum Gasteiger partial charge on any atom is 0.333 e. The molecule has 1 N–H and O–H groups in total. The van der Waals surface area contributed by atoms with E-state index in [-0.39, 0.29) is 17.4 Å². The van der Waals surface area contributed by atoms with Gasteiger partial charge in [0.2, 0.25) is 0 Å². The van der Waals surface area contributed by atoms with Crippen molar-refractivity contribution < 1.29 is 14.6 Å². The largest absolute Gasteiger partial charge is 0.460 e. The third-order valence-electron chi connectivity index (χ3n) is 4.50. The van der Waals surface area contributed by atoms with Crippen molar-refractivity contribution in [2.45, 2.75) is 61.5 Å². The highest BCUT2D eigenvalue weighted by Gasteiger charge is 2.51. The molecule has 3 nitrogen and oxygen atoms in total. The van der Waals surface area contributed by atoms with Crippen LogP contribution in [0, 0.1) is 16.2 Å². The Morgan fingerprint density at radius 2 is 1.47 bits per heavy atom. The van der Waals surface area contributed by atoms with Crippen LogP contribution in [-0.2, 0) is 9.53 Å². The molecule has 0 aliphatic heterocycles. The molecule has 0 aliphatic rings. The quantitative estimate of drug-likeness (QED) is 0.627. The lowest BCUT2D eigenvalue weighted by atomic mass is 9.52. The maximum atomic E-state index is 11.4. The summed E-state index contributed by atoms with van der Waals surface area (Å²) in [5.74, 6) is -0.454. The topological polar surface area (TPSA) is 46.5 Å². The van der Waals surface area contributed by atoms with Gasteiger partial charge in [0.1, 0.15) is 6.61 Å². The molecule has 0 aromatic carbocycles. The first-order valence-corrected chi connectivity index (χ1v) is 6.76. The van der Waals surface area contributed by atoms with E-state index >= 15 is 0 Å². The molecule has 0 saturated carbocycles. The molecule has 112 valence electrons. The molecule has 0 aromatic rings. The van der Waals surface area contributed by atoms with Gasteiger partial charge in [0.15, 0.2) is 0 Å². The Kier molecular flexibility index (Phi) is 5.41. The summed E-state index contributed by atoms with van der Waals surface area (Å²) in [7, 11) is 0. The standard InChI is InChI=1S/C16H30O3/c1-11(2)13(18)19-10-12(17)16(9,14(3,4)5)15(6,7)8/h12,17H,1,10H2,2-9H3. The first-order valence-electron chi connectivity index (χ1n) is 6.76. The molecular weight excluding hydrogens is 240 g/mol. The Morgan fingerprint density at radius 3 is 1.74 bits per heavy atom. The minimum absolute atomic E-state index is 0.00324. The van der Waals surface area contributed by atoms with Gasteiger partial charge < -0.3 is 9.84 Å². The number of carbonyl (C=O) groups excluding carboxylic acids is 1. The SMILES string of the molecule is C=C(C)C(=O)OCC(O)C(C)(C(C)(C)C)C(C)(C)C. The summed E-state index contributed by atoms with van der Waals surface area (Å²) < 4.78 is 5.11. The van der Waals surface area contributed by atoms with Crippen LogP contribution in [0.4, 0.5) is 0 Å². The molecule has 1 unspecified atom stereocenters. The molecule has 0 rings (SSSR count). The predicted molar refractivity (Wildman–Crippen MR) is 78.8 cm³/mol. The molecule has 0 saturated heterocycles. The molecule has 0 amide bonds. The van der Waals surface area contributed by atoms with Gasteiger partial charge in [-0.15, -0.1) is 0 Å². The van der Waals surface area contributed by atoms with Gasteiger partial charge in [-0.2, -0.15) is 0 Å².